The number of thioether (sulfide) groups is 2. The largest absolute Gasteiger partial charge is 0.497 e. The highest BCUT2D eigenvalue weighted by Crippen LogP contribution is 2.31. The summed E-state index contributed by atoms with van der Waals surface area (Å²) in [6, 6.07) is 13.5. The van der Waals surface area contributed by atoms with E-state index in [0.29, 0.717) is 17.1 Å². The van der Waals surface area contributed by atoms with E-state index in [1.807, 2.05) is 0 Å². The van der Waals surface area contributed by atoms with Gasteiger partial charge in [0, 0.05) is 11.3 Å². The first-order chi connectivity index (χ1) is 12.6. The fraction of sp³-hybridized carbons (Fsp3) is 0.167. The van der Waals surface area contributed by atoms with Crippen molar-refractivity contribution in [3.8, 4) is 5.75 Å². The van der Waals surface area contributed by atoms with Gasteiger partial charge in [-0.25, -0.2) is 4.39 Å². The predicted octanol–water partition coefficient (Wildman–Crippen LogP) is 4.95. The number of carbonyl (C=O) groups excluding carboxylic acids is 1. The molecular formula is C18H15FN2O2S3. The van der Waals surface area contributed by atoms with Crippen LogP contribution in [0.1, 0.15) is 15.9 Å². The highest BCUT2D eigenvalue weighted by molar-refractivity contribution is 8.03. The van der Waals surface area contributed by atoms with Gasteiger partial charge in [-0.3, -0.25) is 4.79 Å². The van der Waals surface area contributed by atoms with E-state index < -0.39 is 0 Å². The van der Waals surface area contributed by atoms with Gasteiger partial charge < -0.3 is 4.74 Å². The molecule has 0 amide bonds. The molecule has 26 heavy (non-hydrogen) atoms. The zero-order chi connectivity index (χ0) is 18.4. The Balaban J connectivity index is 1.49. The van der Waals surface area contributed by atoms with Crippen LogP contribution < -0.4 is 4.74 Å². The summed E-state index contributed by atoms with van der Waals surface area (Å²) >= 11 is 4.38. The first-order valence-electron chi connectivity index (χ1n) is 7.65. The summed E-state index contributed by atoms with van der Waals surface area (Å²) in [6.45, 7) is 0. The minimum absolute atomic E-state index is 0.0355. The predicted molar refractivity (Wildman–Crippen MR) is 104 cm³/mol. The number of halogens is 1. The number of aromatic nitrogens is 2. The van der Waals surface area contributed by atoms with Crippen LogP contribution in [0.2, 0.25) is 0 Å². The van der Waals surface area contributed by atoms with Gasteiger partial charge in [-0.2, -0.15) is 0 Å². The van der Waals surface area contributed by atoms with Crippen LogP contribution in [0.5, 0.6) is 5.75 Å². The molecule has 8 heteroatoms. The van der Waals surface area contributed by atoms with Gasteiger partial charge in [0.1, 0.15) is 11.6 Å². The molecule has 0 unspecified atom stereocenters. The monoisotopic (exact) mass is 406 g/mol. The van der Waals surface area contributed by atoms with Crippen LogP contribution in [-0.4, -0.2) is 28.8 Å². The third-order valence-electron chi connectivity index (χ3n) is 3.40. The number of rotatable bonds is 8. The van der Waals surface area contributed by atoms with Crippen molar-refractivity contribution in [1.29, 1.82) is 0 Å². The van der Waals surface area contributed by atoms with Gasteiger partial charge in [-0.05, 0) is 42.0 Å². The van der Waals surface area contributed by atoms with Gasteiger partial charge in [-0.15, -0.1) is 10.2 Å². The quantitative estimate of drug-likeness (QED) is 0.390. The fourth-order valence-corrected chi connectivity index (χ4v) is 4.90. The lowest BCUT2D eigenvalue weighted by molar-refractivity contribution is 0.102. The number of hydrogen-bond donors (Lipinski definition) is 0. The summed E-state index contributed by atoms with van der Waals surface area (Å²) in [6.07, 6.45) is 0. The molecule has 0 radical (unpaired) electrons. The summed E-state index contributed by atoms with van der Waals surface area (Å²) in [7, 11) is 1.59. The molecule has 0 fully saturated rings. The Kier molecular flexibility index (Phi) is 6.65. The molecule has 3 rings (SSSR count). The Morgan fingerprint density at radius 1 is 1.04 bits per heavy atom. The molecule has 0 aliphatic heterocycles. The van der Waals surface area contributed by atoms with Gasteiger partial charge in [0.15, 0.2) is 14.5 Å². The summed E-state index contributed by atoms with van der Waals surface area (Å²) in [5.41, 5.74) is 1.67. The molecule has 1 aromatic heterocycles. The molecule has 0 saturated carbocycles. The number of methoxy groups -OCH3 is 1. The standard InChI is InChI=1S/C18H15FN2O2S3/c1-23-15-8-4-13(5-9-15)16(22)11-25-18-21-20-17(26-18)24-10-12-2-6-14(19)7-3-12/h2-9H,10-11H2,1H3. The van der Waals surface area contributed by atoms with Crippen molar-refractivity contribution in [2.24, 2.45) is 0 Å². The van der Waals surface area contributed by atoms with Crippen molar-refractivity contribution in [1.82, 2.24) is 10.2 Å². The average molecular weight is 407 g/mol. The van der Waals surface area contributed by atoms with E-state index >= 15 is 0 Å². The lowest BCUT2D eigenvalue weighted by atomic mass is 10.1. The lowest BCUT2D eigenvalue weighted by Crippen LogP contribution is -2.02. The number of nitrogens with zero attached hydrogens (tertiary/aromatic N) is 2. The highest BCUT2D eigenvalue weighted by atomic mass is 32.2. The van der Waals surface area contributed by atoms with Gasteiger partial charge in [-0.1, -0.05) is 47.0 Å². The Hall–Kier alpha value is -1.90. The van der Waals surface area contributed by atoms with Crippen LogP contribution in [0.25, 0.3) is 0 Å². The number of benzene rings is 2. The topological polar surface area (TPSA) is 52.1 Å². The molecule has 2 aromatic carbocycles. The molecule has 134 valence electrons. The molecule has 0 aliphatic carbocycles. The van der Waals surface area contributed by atoms with Crippen molar-refractivity contribution in [2.45, 2.75) is 14.4 Å². The Bertz CT molecular complexity index is 867. The van der Waals surface area contributed by atoms with Gasteiger partial charge in [0.25, 0.3) is 0 Å². The second kappa shape index (κ2) is 9.16. The number of hydrogen-bond acceptors (Lipinski definition) is 7. The number of Topliss-reactive ketones (excluding diaryl/α,β-unsaturated/α-hetero) is 1. The zero-order valence-electron chi connectivity index (χ0n) is 13.8. The van der Waals surface area contributed by atoms with E-state index in [9.17, 15) is 9.18 Å². The van der Waals surface area contributed by atoms with Crippen LogP contribution >= 0.6 is 34.9 Å². The normalized spacial score (nSPS) is 10.7. The molecule has 4 nitrogen and oxygen atoms in total. The minimum Gasteiger partial charge on any atom is -0.497 e. The van der Waals surface area contributed by atoms with E-state index in [1.165, 1.54) is 35.2 Å². The smallest absolute Gasteiger partial charge is 0.175 e. The highest BCUT2D eigenvalue weighted by Gasteiger charge is 2.11. The maximum Gasteiger partial charge on any atom is 0.175 e. The Morgan fingerprint density at radius 2 is 1.69 bits per heavy atom. The fourth-order valence-electron chi connectivity index (χ4n) is 2.03. The average Bonchev–Trinajstić information content (AvgIpc) is 3.13. The number of carbonyl (C=O) groups is 1. The first kappa shape index (κ1) is 18.9. The van der Waals surface area contributed by atoms with Crippen LogP contribution in [0.3, 0.4) is 0 Å². The Labute approximate surface area is 163 Å². The molecule has 0 spiro atoms. The third kappa shape index (κ3) is 5.30. The van der Waals surface area contributed by atoms with Crippen molar-refractivity contribution < 1.29 is 13.9 Å². The third-order valence-corrected chi connectivity index (χ3v) is 6.66. The molecule has 3 aromatic rings. The van der Waals surface area contributed by atoms with Gasteiger partial charge in [0.2, 0.25) is 0 Å². The molecular weight excluding hydrogens is 391 g/mol. The maximum atomic E-state index is 12.9. The van der Waals surface area contributed by atoms with E-state index in [-0.39, 0.29) is 11.6 Å². The molecule has 0 saturated heterocycles. The molecule has 0 atom stereocenters. The van der Waals surface area contributed by atoms with Crippen LogP contribution in [0.4, 0.5) is 4.39 Å². The van der Waals surface area contributed by atoms with Crippen molar-refractivity contribution in [3.05, 3.63) is 65.5 Å². The lowest BCUT2D eigenvalue weighted by Gasteiger charge is -2.01. The van der Waals surface area contributed by atoms with Gasteiger partial charge >= 0.3 is 0 Å². The van der Waals surface area contributed by atoms with Crippen molar-refractivity contribution in [3.63, 3.8) is 0 Å². The maximum absolute atomic E-state index is 12.9. The van der Waals surface area contributed by atoms with E-state index in [4.69, 9.17) is 4.74 Å². The molecule has 0 bridgehead atoms. The number of ketones is 1. The number of ether oxygens (including phenoxy) is 1. The van der Waals surface area contributed by atoms with E-state index in [0.717, 1.165) is 20.0 Å². The molecule has 1 heterocycles. The van der Waals surface area contributed by atoms with Crippen LogP contribution in [0, 0.1) is 5.82 Å². The van der Waals surface area contributed by atoms with Gasteiger partial charge in [0.05, 0.1) is 12.9 Å². The Morgan fingerprint density at radius 3 is 2.35 bits per heavy atom. The summed E-state index contributed by atoms with van der Waals surface area (Å²) in [5.74, 6) is 1.53. The summed E-state index contributed by atoms with van der Waals surface area (Å²) < 4.78 is 19.6. The second-order valence-electron chi connectivity index (χ2n) is 5.19. The second-order valence-corrected chi connectivity index (χ2v) is 8.61. The van der Waals surface area contributed by atoms with Crippen molar-refractivity contribution in [2.75, 3.05) is 12.9 Å². The SMILES string of the molecule is COc1ccc(C(=O)CSc2nnc(SCc3ccc(F)cc3)s2)cc1. The van der Waals surface area contributed by atoms with E-state index in [1.54, 1.807) is 55.3 Å². The summed E-state index contributed by atoms with van der Waals surface area (Å²) in [5, 5.41) is 8.24. The zero-order valence-corrected chi connectivity index (χ0v) is 16.3. The van der Waals surface area contributed by atoms with Crippen LogP contribution in [0.15, 0.2) is 57.2 Å². The minimum atomic E-state index is -0.241. The molecule has 0 aliphatic rings. The van der Waals surface area contributed by atoms with Crippen molar-refractivity contribution >= 4 is 40.6 Å². The van der Waals surface area contributed by atoms with Crippen LogP contribution in [-0.2, 0) is 5.75 Å². The summed E-state index contributed by atoms with van der Waals surface area (Å²) in [4.78, 5) is 12.2. The first-order valence-corrected chi connectivity index (χ1v) is 10.4. The van der Waals surface area contributed by atoms with E-state index in [2.05, 4.69) is 10.2 Å². The molecule has 0 N–H and O–H groups in total.